The van der Waals surface area contributed by atoms with Crippen molar-refractivity contribution in [2.75, 3.05) is 25.1 Å². The van der Waals surface area contributed by atoms with Gasteiger partial charge in [-0.15, -0.1) is 0 Å². The Kier molecular flexibility index (Phi) is 5.49. The maximum Gasteiger partial charge on any atom is 0.446 e. The smallest absolute Gasteiger partial charge is 0.378 e. The molecule has 1 aromatic carbocycles. The standard InChI is InChI=1S/C13H15F3N2O2S/c14-13(15,16)21-11-3-1-2-9(6-11)18-12(19)7-10-8-20-5-4-17-10/h1-3,6,10,17H,4-5,7-8H2,(H,18,19)/t10-/m0/s1. The van der Waals surface area contributed by atoms with Gasteiger partial charge in [-0.1, -0.05) is 6.07 Å². The highest BCUT2D eigenvalue weighted by atomic mass is 32.2. The SMILES string of the molecule is O=C(C[C@H]1COCCN1)Nc1cccc(SC(F)(F)F)c1. The van der Waals surface area contributed by atoms with E-state index in [9.17, 15) is 18.0 Å². The molecule has 0 unspecified atom stereocenters. The molecule has 0 spiro atoms. The summed E-state index contributed by atoms with van der Waals surface area (Å²) in [6.07, 6.45) is 0.219. The van der Waals surface area contributed by atoms with Crippen molar-refractivity contribution in [1.29, 1.82) is 0 Å². The number of alkyl halides is 3. The van der Waals surface area contributed by atoms with Gasteiger partial charge in [0.15, 0.2) is 0 Å². The third kappa shape index (κ3) is 5.94. The van der Waals surface area contributed by atoms with Gasteiger partial charge in [-0.05, 0) is 30.0 Å². The largest absolute Gasteiger partial charge is 0.446 e. The minimum absolute atomic E-state index is 0.0411. The molecule has 1 aliphatic heterocycles. The Hall–Kier alpha value is -1.25. The van der Waals surface area contributed by atoms with Gasteiger partial charge in [0.25, 0.3) is 0 Å². The average Bonchev–Trinajstić information content (AvgIpc) is 2.38. The molecule has 1 heterocycles. The number of thioether (sulfide) groups is 1. The normalized spacial score (nSPS) is 19.3. The van der Waals surface area contributed by atoms with Crippen LogP contribution in [0.1, 0.15) is 6.42 Å². The molecular weight excluding hydrogens is 305 g/mol. The molecule has 0 aromatic heterocycles. The highest BCUT2D eigenvalue weighted by Crippen LogP contribution is 2.37. The van der Waals surface area contributed by atoms with E-state index in [-0.39, 0.29) is 35.0 Å². The Bertz CT molecular complexity index is 491. The van der Waals surface area contributed by atoms with Gasteiger partial charge >= 0.3 is 5.51 Å². The zero-order chi connectivity index (χ0) is 15.3. The van der Waals surface area contributed by atoms with E-state index in [1.165, 1.54) is 18.2 Å². The third-order valence-corrected chi connectivity index (χ3v) is 3.50. The van der Waals surface area contributed by atoms with Gasteiger partial charge in [0.1, 0.15) is 0 Å². The predicted octanol–water partition coefficient (Wildman–Crippen LogP) is 2.62. The molecule has 1 aromatic rings. The van der Waals surface area contributed by atoms with E-state index in [0.717, 1.165) is 0 Å². The topological polar surface area (TPSA) is 50.4 Å². The zero-order valence-corrected chi connectivity index (χ0v) is 11.9. The second kappa shape index (κ2) is 7.15. The number of carbonyl (C=O) groups excluding carboxylic acids is 1. The van der Waals surface area contributed by atoms with Crippen molar-refractivity contribution in [3.05, 3.63) is 24.3 Å². The molecule has 4 nitrogen and oxygen atoms in total. The molecular formula is C13H15F3N2O2S. The minimum Gasteiger partial charge on any atom is -0.378 e. The van der Waals surface area contributed by atoms with Crippen LogP contribution >= 0.6 is 11.8 Å². The van der Waals surface area contributed by atoms with Crippen molar-refractivity contribution in [3.8, 4) is 0 Å². The Morgan fingerprint density at radius 1 is 1.48 bits per heavy atom. The maximum atomic E-state index is 12.3. The second-order valence-electron chi connectivity index (χ2n) is 4.55. The quantitative estimate of drug-likeness (QED) is 0.838. The minimum atomic E-state index is -4.34. The second-order valence-corrected chi connectivity index (χ2v) is 5.69. The van der Waals surface area contributed by atoms with Crippen LogP contribution in [0.3, 0.4) is 0 Å². The fourth-order valence-electron chi connectivity index (χ4n) is 1.96. The summed E-state index contributed by atoms with van der Waals surface area (Å²) in [5, 5.41) is 5.74. The molecule has 1 amide bonds. The molecule has 1 fully saturated rings. The van der Waals surface area contributed by atoms with Crippen LogP contribution in [0.2, 0.25) is 0 Å². The molecule has 1 saturated heterocycles. The lowest BCUT2D eigenvalue weighted by molar-refractivity contribution is -0.117. The van der Waals surface area contributed by atoms with Crippen molar-refractivity contribution >= 4 is 23.4 Å². The molecule has 0 aliphatic carbocycles. The molecule has 8 heteroatoms. The number of morpholine rings is 1. The van der Waals surface area contributed by atoms with Crippen LogP contribution in [-0.4, -0.2) is 37.2 Å². The molecule has 2 rings (SSSR count). The lowest BCUT2D eigenvalue weighted by Gasteiger charge is -2.23. The monoisotopic (exact) mass is 320 g/mol. The summed E-state index contributed by atoms with van der Waals surface area (Å²) < 4.78 is 42.1. The lowest BCUT2D eigenvalue weighted by atomic mass is 10.2. The Balaban J connectivity index is 1.89. The Labute approximate surface area is 124 Å². The van der Waals surface area contributed by atoms with Crippen molar-refractivity contribution in [1.82, 2.24) is 5.32 Å². The highest BCUT2D eigenvalue weighted by Gasteiger charge is 2.29. The Morgan fingerprint density at radius 3 is 2.95 bits per heavy atom. The number of hydrogen-bond donors (Lipinski definition) is 2. The van der Waals surface area contributed by atoms with Gasteiger partial charge in [0, 0.05) is 29.6 Å². The third-order valence-electron chi connectivity index (χ3n) is 2.78. The van der Waals surface area contributed by atoms with Gasteiger partial charge < -0.3 is 15.4 Å². The van der Waals surface area contributed by atoms with Gasteiger partial charge in [-0.3, -0.25) is 4.79 Å². The number of ether oxygens (including phenoxy) is 1. The van der Waals surface area contributed by atoms with E-state index in [4.69, 9.17) is 4.74 Å². The van der Waals surface area contributed by atoms with Crippen molar-refractivity contribution in [3.63, 3.8) is 0 Å². The number of halogens is 3. The number of nitrogens with one attached hydrogen (secondary N) is 2. The average molecular weight is 320 g/mol. The molecule has 1 aliphatic rings. The fourth-order valence-corrected chi connectivity index (χ4v) is 2.56. The van der Waals surface area contributed by atoms with Crippen LogP contribution in [0.25, 0.3) is 0 Å². The summed E-state index contributed by atoms with van der Waals surface area (Å²) in [5.41, 5.74) is -3.99. The lowest BCUT2D eigenvalue weighted by Crippen LogP contribution is -2.43. The number of rotatable bonds is 4. The van der Waals surface area contributed by atoms with E-state index in [2.05, 4.69) is 10.6 Å². The summed E-state index contributed by atoms with van der Waals surface area (Å²) in [6, 6.07) is 5.63. The van der Waals surface area contributed by atoms with Gasteiger partial charge in [-0.25, -0.2) is 0 Å². The number of amides is 1. The summed E-state index contributed by atoms with van der Waals surface area (Å²) in [4.78, 5) is 11.9. The van der Waals surface area contributed by atoms with E-state index >= 15 is 0 Å². The van der Waals surface area contributed by atoms with Gasteiger partial charge in [0.2, 0.25) is 5.91 Å². The zero-order valence-electron chi connectivity index (χ0n) is 11.1. The number of hydrogen-bond acceptors (Lipinski definition) is 4. The fraction of sp³-hybridized carbons (Fsp3) is 0.462. The predicted molar refractivity (Wildman–Crippen MR) is 74.2 cm³/mol. The van der Waals surface area contributed by atoms with Gasteiger partial charge in [-0.2, -0.15) is 13.2 Å². The molecule has 116 valence electrons. The maximum absolute atomic E-state index is 12.3. The van der Waals surface area contributed by atoms with E-state index in [1.807, 2.05) is 0 Å². The molecule has 0 saturated carbocycles. The van der Waals surface area contributed by atoms with Crippen LogP contribution in [0, 0.1) is 0 Å². The summed E-state index contributed by atoms with van der Waals surface area (Å²) >= 11 is -0.206. The molecule has 21 heavy (non-hydrogen) atoms. The summed E-state index contributed by atoms with van der Waals surface area (Å²) in [7, 11) is 0. The van der Waals surface area contributed by atoms with Crippen LogP contribution in [0.5, 0.6) is 0 Å². The van der Waals surface area contributed by atoms with E-state index in [1.54, 1.807) is 6.07 Å². The summed E-state index contributed by atoms with van der Waals surface area (Å²) in [5.74, 6) is -0.257. The van der Waals surface area contributed by atoms with Crippen molar-refractivity contribution in [2.24, 2.45) is 0 Å². The van der Waals surface area contributed by atoms with Crippen molar-refractivity contribution in [2.45, 2.75) is 22.9 Å². The highest BCUT2D eigenvalue weighted by molar-refractivity contribution is 8.00. The molecule has 2 N–H and O–H groups in total. The van der Waals surface area contributed by atoms with Crippen molar-refractivity contribution < 1.29 is 22.7 Å². The first-order valence-corrected chi connectivity index (χ1v) is 7.21. The number of benzene rings is 1. The molecule has 0 radical (unpaired) electrons. The van der Waals surface area contributed by atoms with Crippen LogP contribution in [0.15, 0.2) is 29.2 Å². The van der Waals surface area contributed by atoms with Crippen LogP contribution in [0.4, 0.5) is 18.9 Å². The van der Waals surface area contributed by atoms with E-state index in [0.29, 0.717) is 25.4 Å². The number of anilines is 1. The first-order valence-electron chi connectivity index (χ1n) is 6.39. The van der Waals surface area contributed by atoms with Crippen LogP contribution in [-0.2, 0) is 9.53 Å². The van der Waals surface area contributed by atoms with Gasteiger partial charge in [0.05, 0.1) is 13.2 Å². The first kappa shape index (κ1) is 16.1. The summed E-state index contributed by atoms with van der Waals surface area (Å²) in [6.45, 7) is 1.77. The first-order chi connectivity index (χ1) is 9.92. The van der Waals surface area contributed by atoms with E-state index < -0.39 is 5.51 Å². The molecule has 0 bridgehead atoms. The van der Waals surface area contributed by atoms with Crippen LogP contribution < -0.4 is 10.6 Å². The number of carbonyl (C=O) groups is 1. The Morgan fingerprint density at radius 2 is 2.29 bits per heavy atom. The molecule has 1 atom stereocenters.